The van der Waals surface area contributed by atoms with Gasteiger partial charge in [0.05, 0.1) is 0 Å². The van der Waals surface area contributed by atoms with E-state index in [1.54, 1.807) is 0 Å². The van der Waals surface area contributed by atoms with E-state index in [-0.39, 0.29) is 0 Å². The van der Waals surface area contributed by atoms with Crippen molar-refractivity contribution in [2.75, 3.05) is 19.6 Å². The average Bonchev–Trinajstić information content (AvgIpc) is 2.30. The van der Waals surface area contributed by atoms with Crippen molar-refractivity contribution in [3.63, 3.8) is 0 Å². The number of hydrogen-bond donors (Lipinski definition) is 1. The third kappa shape index (κ3) is 5.19. The summed E-state index contributed by atoms with van der Waals surface area (Å²) in [4.78, 5) is 2.52. The monoisotopic (exact) mass is 248 g/mol. The van der Waals surface area contributed by atoms with Gasteiger partial charge in [0.1, 0.15) is 0 Å². The molecule has 2 nitrogen and oxygen atoms in total. The van der Waals surface area contributed by atoms with E-state index < -0.39 is 0 Å². The van der Waals surface area contributed by atoms with Crippen molar-refractivity contribution in [3.05, 3.63) is 34.9 Å². The molecule has 0 aliphatic rings. The van der Waals surface area contributed by atoms with Gasteiger partial charge in [0, 0.05) is 13.1 Å². The average molecular weight is 248 g/mol. The molecule has 0 heterocycles. The zero-order chi connectivity index (χ0) is 13.5. The second-order valence-corrected chi connectivity index (χ2v) is 5.69. The Morgan fingerprint density at radius 3 is 2.44 bits per heavy atom. The van der Waals surface area contributed by atoms with E-state index in [0.717, 1.165) is 32.6 Å². The predicted octanol–water partition coefficient (Wildman–Crippen LogP) is 3.11. The third-order valence-corrected chi connectivity index (χ3v) is 3.28. The fraction of sp³-hybridized carbons (Fsp3) is 0.625. The van der Waals surface area contributed by atoms with E-state index in [9.17, 15) is 0 Å². The summed E-state index contributed by atoms with van der Waals surface area (Å²) in [5.74, 6) is 0.703. The molecule has 1 aromatic carbocycles. The first-order valence-electron chi connectivity index (χ1n) is 7.01. The van der Waals surface area contributed by atoms with Crippen LogP contribution in [0.25, 0.3) is 0 Å². The van der Waals surface area contributed by atoms with Crippen LogP contribution in [0.5, 0.6) is 0 Å². The van der Waals surface area contributed by atoms with Gasteiger partial charge in [-0.05, 0) is 56.0 Å². The summed E-state index contributed by atoms with van der Waals surface area (Å²) in [5.41, 5.74) is 9.79. The molecule has 0 aliphatic carbocycles. The van der Waals surface area contributed by atoms with E-state index in [0.29, 0.717) is 5.92 Å². The maximum absolute atomic E-state index is 5.62. The van der Waals surface area contributed by atoms with Crippen LogP contribution in [0.4, 0.5) is 0 Å². The second kappa shape index (κ2) is 7.55. The summed E-state index contributed by atoms with van der Waals surface area (Å²) in [6.45, 7) is 13.0. The Morgan fingerprint density at radius 1 is 1.17 bits per heavy atom. The minimum absolute atomic E-state index is 0.703. The maximum Gasteiger partial charge on any atom is 0.0233 e. The molecule has 0 radical (unpaired) electrons. The van der Waals surface area contributed by atoms with Gasteiger partial charge in [-0.15, -0.1) is 0 Å². The molecule has 0 aromatic heterocycles. The molecule has 2 heteroatoms. The molecule has 0 unspecified atom stereocenters. The molecule has 0 fully saturated rings. The molecule has 1 aromatic rings. The van der Waals surface area contributed by atoms with Crippen molar-refractivity contribution in [3.8, 4) is 0 Å². The topological polar surface area (TPSA) is 29.3 Å². The zero-order valence-corrected chi connectivity index (χ0v) is 12.4. The van der Waals surface area contributed by atoms with Crippen molar-refractivity contribution < 1.29 is 0 Å². The Balaban J connectivity index is 2.65. The molecule has 18 heavy (non-hydrogen) atoms. The molecule has 0 spiro atoms. The lowest BCUT2D eigenvalue weighted by atomic mass is 10.1. The highest BCUT2D eigenvalue weighted by Gasteiger charge is 2.08. The Bertz CT molecular complexity index is 358. The lowest BCUT2D eigenvalue weighted by molar-refractivity contribution is 0.234. The number of rotatable bonds is 7. The van der Waals surface area contributed by atoms with Crippen LogP contribution in [0.1, 0.15) is 37.0 Å². The second-order valence-electron chi connectivity index (χ2n) is 5.69. The van der Waals surface area contributed by atoms with Gasteiger partial charge in [0.15, 0.2) is 0 Å². The van der Waals surface area contributed by atoms with Gasteiger partial charge in [-0.2, -0.15) is 0 Å². The first-order chi connectivity index (χ1) is 8.52. The summed E-state index contributed by atoms with van der Waals surface area (Å²) < 4.78 is 0. The molecule has 0 atom stereocenters. The Hall–Kier alpha value is -0.860. The van der Waals surface area contributed by atoms with E-state index >= 15 is 0 Å². The summed E-state index contributed by atoms with van der Waals surface area (Å²) in [6.07, 6.45) is 1.08. The number of nitrogens with two attached hydrogens (primary N) is 1. The summed E-state index contributed by atoms with van der Waals surface area (Å²) in [7, 11) is 0. The first kappa shape index (κ1) is 15.2. The van der Waals surface area contributed by atoms with E-state index in [1.165, 1.54) is 16.7 Å². The number of aryl methyl sites for hydroxylation is 2. The van der Waals surface area contributed by atoms with Crippen molar-refractivity contribution in [2.45, 2.75) is 40.7 Å². The minimum Gasteiger partial charge on any atom is -0.330 e. The van der Waals surface area contributed by atoms with Crippen LogP contribution in [-0.2, 0) is 6.54 Å². The fourth-order valence-corrected chi connectivity index (χ4v) is 2.23. The fourth-order valence-electron chi connectivity index (χ4n) is 2.23. The van der Waals surface area contributed by atoms with Crippen molar-refractivity contribution >= 4 is 0 Å². The van der Waals surface area contributed by atoms with Crippen LogP contribution in [0.3, 0.4) is 0 Å². The van der Waals surface area contributed by atoms with Gasteiger partial charge < -0.3 is 5.73 Å². The van der Waals surface area contributed by atoms with Crippen LogP contribution in [0, 0.1) is 19.8 Å². The first-order valence-corrected chi connectivity index (χ1v) is 7.01. The summed E-state index contributed by atoms with van der Waals surface area (Å²) in [6, 6.07) is 6.78. The minimum atomic E-state index is 0.703. The molecule has 0 bridgehead atoms. The molecule has 2 N–H and O–H groups in total. The van der Waals surface area contributed by atoms with E-state index in [4.69, 9.17) is 5.73 Å². The SMILES string of the molecule is Cc1ccc(CN(CCCN)CC(C)C)cc1C. The molecular formula is C16H28N2. The van der Waals surface area contributed by atoms with Crippen molar-refractivity contribution in [1.82, 2.24) is 4.90 Å². The van der Waals surface area contributed by atoms with E-state index in [2.05, 4.69) is 50.8 Å². The zero-order valence-electron chi connectivity index (χ0n) is 12.4. The lowest BCUT2D eigenvalue weighted by Gasteiger charge is -2.24. The molecule has 0 amide bonds. The van der Waals surface area contributed by atoms with Crippen molar-refractivity contribution in [2.24, 2.45) is 11.7 Å². The quantitative estimate of drug-likeness (QED) is 0.803. The smallest absolute Gasteiger partial charge is 0.0233 e. The van der Waals surface area contributed by atoms with Crippen LogP contribution >= 0.6 is 0 Å². The largest absolute Gasteiger partial charge is 0.330 e. The lowest BCUT2D eigenvalue weighted by Crippen LogP contribution is -2.29. The van der Waals surface area contributed by atoms with Crippen LogP contribution in [0.15, 0.2) is 18.2 Å². The molecular weight excluding hydrogens is 220 g/mol. The van der Waals surface area contributed by atoms with Crippen LogP contribution < -0.4 is 5.73 Å². The van der Waals surface area contributed by atoms with Gasteiger partial charge in [-0.3, -0.25) is 4.90 Å². The van der Waals surface area contributed by atoms with Crippen LogP contribution in [0.2, 0.25) is 0 Å². The Morgan fingerprint density at radius 2 is 1.89 bits per heavy atom. The molecule has 0 aliphatic heterocycles. The molecule has 0 saturated heterocycles. The maximum atomic E-state index is 5.62. The van der Waals surface area contributed by atoms with E-state index in [1.807, 2.05) is 0 Å². The van der Waals surface area contributed by atoms with Gasteiger partial charge in [0.25, 0.3) is 0 Å². The highest BCUT2D eigenvalue weighted by Crippen LogP contribution is 2.13. The standard InChI is InChI=1S/C16H28N2/c1-13(2)11-18(9-5-8-17)12-16-7-6-14(3)15(4)10-16/h6-7,10,13H,5,8-9,11-12,17H2,1-4H3. The van der Waals surface area contributed by atoms with Gasteiger partial charge in [0.2, 0.25) is 0 Å². The number of benzene rings is 1. The number of hydrogen-bond acceptors (Lipinski definition) is 2. The van der Waals surface area contributed by atoms with Gasteiger partial charge in [-0.25, -0.2) is 0 Å². The highest BCUT2D eigenvalue weighted by molar-refractivity contribution is 5.29. The third-order valence-electron chi connectivity index (χ3n) is 3.28. The summed E-state index contributed by atoms with van der Waals surface area (Å²) >= 11 is 0. The predicted molar refractivity (Wildman–Crippen MR) is 79.7 cm³/mol. The number of nitrogens with zero attached hydrogens (tertiary/aromatic N) is 1. The summed E-state index contributed by atoms with van der Waals surface area (Å²) in [5, 5.41) is 0. The normalized spacial score (nSPS) is 11.5. The Labute approximate surface area is 112 Å². The van der Waals surface area contributed by atoms with Gasteiger partial charge in [-0.1, -0.05) is 32.0 Å². The molecule has 1 rings (SSSR count). The highest BCUT2D eigenvalue weighted by atomic mass is 15.1. The Kier molecular flexibility index (Phi) is 6.37. The van der Waals surface area contributed by atoms with Gasteiger partial charge >= 0.3 is 0 Å². The molecule has 102 valence electrons. The van der Waals surface area contributed by atoms with Crippen molar-refractivity contribution in [1.29, 1.82) is 0 Å². The molecule has 0 saturated carbocycles. The van der Waals surface area contributed by atoms with Crippen LogP contribution in [-0.4, -0.2) is 24.5 Å².